The third kappa shape index (κ3) is 3.81. The first-order chi connectivity index (χ1) is 11.9. The molecule has 3 N–H and O–H groups in total. The number of nitrogen functional groups attached to an aromatic ring is 1. The first kappa shape index (κ1) is 17.0. The Morgan fingerprint density at radius 3 is 2.16 bits per heavy atom. The molecule has 7 heteroatoms. The van der Waals surface area contributed by atoms with Crippen molar-refractivity contribution in [1.29, 1.82) is 0 Å². The zero-order chi connectivity index (χ0) is 18.0. The van der Waals surface area contributed by atoms with Crippen LogP contribution in [0.4, 0.5) is 20.2 Å². The molecule has 0 saturated carbocycles. The molecule has 1 aliphatic rings. The third-order valence-electron chi connectivity index (χ3n) is 4.28. The molecule has 0 atom stereocenters. The highest BCUT2D eigenvalue weighted by atomic mass is 19.1. The Labute approximate surface area is 144 Å². The predicted octanol–water partition coefficient (Wildman–Crippen LogP) is 2.14. The number of phenols is 1. The Balaban J connectivity index is 1.62. The molecule has 2 aromatic carbocycles. The molecule has 0 bridgehead atoms. The fourth-order valence-corrected chi connectivity index (χ4v) is 2.97. The lowest BCUT2D eigenvalue weighted by atomic mass is 10.1. The minimum Gasteiger partial charge on any atom is -0.508 e. The standard InChI is InChI=1S/C18H19F2N3O2/c19-15-10-13(21)11-16(20)18(15)23-7-5-22(6-8-23)17(25)9-12-1-3-14(24)4-2-12/h1-4,10-11,24H,5-9,21H2. The van der Waals surface area contributed by atoms with Crippen molar-refractivity contribution in [1.82, 2.24) is 4.90 Å². The number of anilines is 2. The van der Waals surface area contributed by atoms with E-state index in [9.17, 15) is 18.7 Å². The van der Waals surface area contributed by atoms with E-state index in [2.05, 4.69) is 0 Å². The number of amides is 1. The van der Waals surface area contributed by atoms with Gasteiger partial charge in [0.1, 0.15) is 11.4 Å². The lowest BCUT2D eigenvalue weighted by Crippen LogP contribution is -2.49. The van der Waals surface area contributed by atoms with Gasteiger partial charge in [0.15, 0.2) is 11.6 Å². The van der Waals surface area contributed by atoms with Crippen LogP contribution in [0.5, 0.6) is 5.75 Å². The second-order valence-corrected chi connectivity index (χ2v) is 6.04. The number of carbonyl (C=O) groups excluding carboxylic acids is 1. The van der Waals surface area contributed by atoms with Crippen LogP contribution in [0.2, 0.25) is 0 Å². The van der Waals surface area contributed by atoms with Gasteiger partial charge >= 0.3 is 0 Å². The van der Waals surface area contributed by atoms with Gasteiger partial charge in [-0.15, -0.1) is 0 Å². The molecule has 5 nitrogen and oxygen atoms in total. The molecule has 0 aromatic heterocycles. The topological polar surface area (TPSA) is 69.8 Å². The number of piperazine rings is 1. The molecule has 1 aliphatic heterocycles. The molecular weight excluding hydrogens is 328 g/mol. The summed E-state index contributed by atoms with van der Waals surface area (Å²) in [4.78, 5) is 15.6. The average molecular weight is 347 g/mol. The Kier molecular flexibility index (Phi) is 4.74. The zero-order valence-corrected chi connectivity index (χ0v) is 13.6. The van der Waals surface area contributed by atoms with Crippen molar-refractivity contribution in [2.75, 3.05) is 36.8 Å². The number of benzene rings is 2. The maximum absolute atomic E-state index is 14.0. The summed E-state index contributed by atoms with van der Waals surface area (Å²) in [6.07, 6.45) is 0.227. The van der Waals surface area contributed by atoms with Crippen molar-refractivity contribution < 1.29 is 18.7 Å². The van der Waals surface area contributed by atoms with E-state index >= 15 is 0 Å². The monoisotopic (exact) mass is 347 g/mol. The average Bonchev–Trinajstić information content (AvgIpc) is 2.56. The normalized spacial score (nSPS) is 14.6. The van der Waals surface area contributed by atoms with E-state index in [0.717, 1.165) is 17.7 Å². The highest BCUT2D eigenvalue weighted by Gasteiger charge is 2.25. The van der Waals surface area contributed by atoms with Crippen LogP contribution in [0.3, 0.4) is 0 Å². The summed E-state index contributed by atoms with van der Waals surface area (Å²) in [5.74, 6) is -1.29. The highest BCUT2D eigenvalue weighted by molar-refractivity contribution is 5.79. The maximum Gasteiger partial charge on any atom is 0.227 e. The fraction of sp³-hybridized carbons (Fsp3) is 0.278. The van der Waals surface area contributed by atoms with Crippen molar-refractivity contribution in [2.24, 2.45) is 0 Å². The summed E-state index contributed by atoms with van der Waals surface area (Å²) < 4.78 is 28.0. The molecule has 1 amide bonds. The van der Waals surface area contributed by atoms with Crippen LogP contribution in [-0.2, 0) is 11.2 Å². The molecule has 0 aliphatic carbocycles. The molecule has 1 fully saturated rings. The number of halogens is 2. The van der Waals surface area contributed by atoms with E-state index in [-0.39, 0.29) is 29.5 Å². The molecule has 25 heavy (non-hydrogen) atoms. The minimum absolute atomic E-state index is 0.0430. The molecule has 1 saturated heterocycles. The minimum atomic E-state index is -0.693. The van der Waals surface area contributed by atoms with Crippen molar-refractivity contribution in [2.45, 2.75) is 6.42 Å². The van der Waals surface area contributed by atoms with E-state index in [1.807, 2.05) is 0 Å². The van der Waals surface area contributed by atoms with Gasteiger partial charge in [-0.1, -0.05) is 12.1 Å². The van der Waals surface area contributed by atoms with Gasteiger partial charge in [-0.25, -0.2) is 8.78 Å². The lowest BCUT2D eigenvalue weighted by Gasteiger charge is -2.36. The molecule has 3 rings (SSSR count). The number of rotatable bonds is 3. The van der Waals surface area contributed by atoms with E-state index in [1.54, 1.807) is 21.9 Å². The van der Waals surface area contributed by atoms with Crippen LogP contribution >= 0.6 is 0 Å². The molecule has 1 heterocycles. The Morgan fingerprint density at radius 2 is 1.60 bits per heavy atom. The van der Waals surface area contributed by atoms with Gasteiger partial charge < -0.3 is 20.6 Å². The van der Waals surface area contributed by atoms with Crippen molar-refractivity contribution in [3.63, 3.8) is 0 Å². The Bertz CT molecular complexity index is 749. The molecule has 0 spiro atoms. The molecule has 132 valence electrons. The van der Waals surface area contributed by atoms with E-state index in [1.165, 1.54) is 12.1 Å². The van der Waals surface area contributed by atoms with Gasteiger partial charge in [-0.05, 0) is 29.8 Å². The highest BCUT2D eigenvalue weighted by Crippen LogP contribution is 2.27. The number of carbonyl (C=O) groups is 1. The SMILES string of the molecule is Nc1cc(F)c(N2CCN(C(=O)Cc3ccc(O)cc3)CC2)c(F)c1. The number of hydrogen-bond acceptors (Lipinski definition) is 4. The van der Waals surface area contributed by atoms with Crippen LogP contribution in [-0.4, -0.2) is 42.1 Å². The zero-order valence-electron chi connectivity index (χ0n) is 13.6. The summed E-state index contributed by atoms with van der Waals surface area (Å²) in [6, 6.07) is 8.66. The first-order valence-electron chi connectivity index (χ1n) is 7.99. The molecule has 0 unspecified atom stereocenters. The molecular formula is C18H19F2N3O2. The van der Waals surface area contributed by atoms with Crippen molar-refractivity contribution >= 4 is 17.3 Å². The molecule has 2 aromatic rings. The van der Waals surface area contributed by atoms with Crippen LogP contribution in [0.15, 0.2) is 36.4 Å². The summed E-state index contributed by atoms with van der Waals surface area (Å²) in [5, 5.41) is 9.27. The smallest absolute Gasteiger partial charge is 0.227 e. The fourth-order valence-electron chi connectivity index (χ4n) is 2.97. The van der Waals surface area contributed by atoms with E-state index in [4.69, 9.17) is 5.73 Å². The molecule has 0 radical (unpaired) electrons. The summed E-state index contributed by atoms with van der Waals surface area (Å²) >= 11 is 0. The van der Waals surface area contributed by atoms with Crippen molar-refractivity contribution in [3.8, 4) is 5.75 Å². The maximum atomic E-state index is 14.0. The number of aromatic hydroxyl groups is 1. The third-order valence-corrected chi connectivity index (χ3v) is 4.28. The second-order valence-electron chi connectivity index (χ2n) is 6.04. The van der Waals surface area contributed by atoms with Gasteiger partial charge in [-0.3, -0.25) is 4.79 Å². The lowest BCUT2D eigenvalue weighted by molar-refractivity contribution is -0.130. The summed E-state index contributed by atoms with van der Waals surface area (Å²) in [6.45, 7) is 1.47. The quantitative estimate of drug-likeness (QED) is 0.835. The number of nitrogens with two attached hydrogens (primary N) is 1. The van der Waals surface area contributed by atoms with E-state index < -0.39 is 11.6 Å². The van der Waals surface area contributed by atoms with Gasteiger partial charge in [0.05, 0.1) is 6.42 Å². The first-order valence-corrected chi connectivity index (χ1v) is 7.99. The van der Waals surface area contributed by atoms with Crippen LogP contribution in [0.25, 0.3) is 0 Å². The Hall–Kier alpha value is -2.83. The van der Waals surface area contributed by atoms with Gasteiger partial charge in [0.25, 0.3) is 0 Å². The number of phenolic OH excluding ortho intramolecular Hbond substituents is 1. The second kappa shape index (κ2) is 6.96. The Morgan fingerprint density at radius 1 is 1.04 bits per heavy atom. The van der Waals surface area contributed by atoms with Crippen LogP contribution in [0, 0.1) is 11.6 Å². The van der Waals surface area contributed by atoms with E-state index in [0.29, 0.717) is 26.2 Å². The van der Waals surface area contributed by atoms with Gasteiger partial charge in [-0.2, -0.15) is 0 Å². The summed E-state index contributed by atoms with van der Waals surface area (Å²) in [5.41, 5.74) is 6.19. The van der Waals surface area contributed by atoms with Crippen molar-refractivity contribution in [3.05, 3.63) is 53.6 Å². The predicted molar refractivity (Wildman–Crippen MR) is 91.4 cm³/mol. The van der Waals surface area contributed by atoms with Crippen LogP contribution < -0.4 is 10.6 Å². The summed E-state index contributed by atoms with van der Waals surface area (Å²) in [7, 11) is 0. The van der Waals surface area contributed by atoms with Gasteiger partial charge in [0, 0.05) is 31.9 Å². The largest absolute Gasteiger partial charge is 0.508 e. The number of hydrogen-bond donors (Lipinski definition) is 2. The number of nitrogens with zero attached hydrogens (tertiary/aromatic N) is 2. The van der Waals surface area contributed by atoms with Gasteiger partial charge in [0.2, 0.25) is 5.91 Å². The van der Waals surface area contributed by atoms with Crippen LogP contribution in [0.1, 0.15) is 5.56 Å².